The van der Waals surface area contributed by atoms with Crippen LogP contribution in [0.4, 0.5) is 5.82 Å². The molecule has 0 aliphatic carbocycles. The Morgan fingerprint density at radius 3 is 2.81 bits per heavy atom. The summed E-state index contributed by atoms with van der Waals surface area (Å²) in [5.41, 5.74) is 8.32. The number of hydrogen-bond donors (Lipinski definition) is 2. The molecular weight excluding hydrogens is 262 g/mol. The lowest BCUT2D eigenvalue weighted by atomic mass is 9.95. The molecule has 0 aromatic carbocycles. The quantitative estimate of drug-likeness (QED) is 0.906. The standard InChI is InChI=1S/C16H25N5/c1-11(2)13-9-21(8-5-12-3-6-18-7-4-12)16-14(13)15(17)19-10-20-16/h9-12,18H,3-8H2,1-2H3,(H2,17,19,20). The predicted molar refractivity (Wildman–Crippen MR) is 86.2 cm³/mol. The number of nitrogen functional groups attached to an aromatic ring is 1. The zero-order valence-electron chi connectivity index (χ0n) is 13.0. The molecule has 1 aliphatic heterocycles. The zero-order chi connectivity index (χ0) is 14.8. The minimum Gasteiger partial charge on any atom is -0.383 e. The van der Waals surface area contributed by atoms with Crippen molar-refractivity contribution < 1.29 is 0 Å². The Hall–Kier alpha value is -1.62. The number of nitrogens with zero attached hydrogens (tertiary/aromatic N) is 3. The fourth-order valence-corrected chi connectivity index (χ4v) is 3.28. The van der Waals surface area contributed by atoms with Crippen LogP contribution < -0.4 is 11.1 Å². The first-order valence-electron chi connectivity index (χ1n) is 7.96. The van der Waals surface area contributed by atoms with E-state index in [0.717, 1.165) is 36.6 Å². The molecule has 2 aromatic heterocycles. The largest absolute Gasteiger partial charge is 0.383 e. The van der Waals surface area contributed by atoms with Crippen LogP contribution in [0.25, 0.3) is 11.0 Å². The average molecular weight is 287 g/mol. The number of aryl methyl sites for hydroxylation is 1. The van der Waals surface area contributed by atoms with Crippen molar-refractivity contribution in [2.45, 2.75) is 45.6 Å². The monoisotopic (exact) mass is 287 g/mol. The molecule has 3 N–H and O–H groups in total. The number of nitrogens with two attached hydrogens (primary N) is 1. The van der Waals surface area contributed by atoms with E-state index in [2.05, 4.69) is 39.9 Å². The molecule has 1 aliphatic rings. The van der Waals surface area contributed by atoms with E-state index in [1.807, 2.05) is 0 Å². The minimum atomic E-state index is 0.431. The number of hydrogen-bond acceptors (Lipinski definition) is 4. The fourth-order valence-electron chi connectivity index (χ4n) is 3.28. The maximum Gasteiger partial charge on any atom is 0.145 e. The second-order valence-corrected chi connectivity index (χ2v) is 6.37. The van der Waals surface area contributed by atoms with E-state index in [0.29, 0.717) is 11.7 Å². The SMILES string of the molecule is CC(C)c1cn(CCC2CCNCC2)c2ncnc(N)c12. The van der Waals surface area contributed by atoms with Crippen LogP contribution in [-0.2, 0) is 6.54 Å². The summed E-state index contributed by atoms with van der Waals surface area (Å²) in [7, 11) is 0. The van der Waals surface area contributed by atoms with Gasteiger partial charge in [0.15, 0.2) is 0 Å². The van der Waals surface area contributed by atoms with Crippen molar-refractivity contribution in [3.05, 3.63) is 18.1 Å². The number of piperidine rings is 1. The van der Waals surface area contributed by atoms with Gasteiger partial charge in [-0.1, -0.05) is 13.8 Å². The molecule has 0 unspecified atom stereocenters. The first kappa shape index (κ1) is 14.3. The van der Waals surface area contributed by atoms with Crippen LogP contribution in [0.1, 0.15) is 44.6 Å². The Balaban J connectivity index is 1.86. The summed E-state index contributed by atoms with van der Waals surface area (Å²) in [5.74, 6) is 1.86. The maximum atomic E-state index is 6.07. The molecule has 114 valence electrons. The molecule has 5 heteroatoms. The van der Waals surface area contributed by atoms with Gasteiger partial charge >= 0.3 is 0 Å². The normalized spacial score (nSPS) is 16.9. The number of nitrogens with one attached hydrogen (secondary N) is 1. The van der Waals surface area contributed by atoms with Crippen molar-refractivity contribution >= 4 is 16.9 Å². The van der Waals surface area contributed by atoms with Crippen molar-refractivity contribution in [2.75, 3.05) is 18.8 Å². The molecule has 0 atom stereocenters. The van der Waals surface area contributed by atoms with Gasteiger partial charge in [0.1, 0.15) is 17.8 Å². The summed E-state index contributed by atoms with van der Waals surface area (Å²) in [5, 5.41) is 4.46. The third-order valence-electron chi connectivity index (χ3n) is 4.57. The molecule has 0 amide bonds. The lowest BCUT2D eigenvalue weighted by Crippen LogP contribution is -2.28. The molecule has 5 nitrogen and oxygen atoms in total. The van der Waals surface area contributed by atoms with Crippen molar-refractivity contribution in [1.29, 1.82) is 0 Å². The summed E-state index contributed by atoms with van der Waals surface area (Å²) in [6, 6.07) is 0. The van der Waals surface area contributed by atoms with Crippen LogP contribution in [0.15, 0.2) is 12.5 Å². The van der Waals surface area contributed by atoms with Crippen molar-refractivity contribution in [3.63, 3.8) is 0 Å². The first-order valence-corrected chi connectivity index (χ1v) is 7.96. The summed E-state index contributed by atoms with van der Waals surface area (Å²) < 4.78 is 2.27. The highest BCUT2D eigenvalue weighted by atomic mass is 15.1. The van der Waals surface area contributed by atoms with Gasteiger partial charge in [-0.3, -0.25) is 0 Å². The lowest BCUT2D eigenvalue weighted by Gasteiger charge is -2.22. The van der Waals surface area contributed by atoms with Gasteiger partial charge in [-0.2, -0.15) is 0 Å². The lowest BCUT2D eigenvalue weighted by molar-refractivity contribution is 0.339. The molecule has 21 heavy (non-hydrogen) atoms. The van der Waals surface area contributed by atoms with Gasteiger partial charge in [0, 0.05) is 12.7 Å². The zero-order valence-corrected chi connectivity index (χ0v) is 13.0. The Labute approximate surface area is 126 Å². The highest BCUT2D eigenvalue weighted by Crippen LogP contribution is 2.30. The van der Waals surface area contributed by atoms with E-state index in [1.165, 1.54) is 24.8 Å². The molecule has 1 saturated heterocycles. The molecule has 0 radical (unpaired) electrons. The average Bonchev–Trinajstić information content (AvgIpc) is 2.87. The molecule has 3 rings (SSSR count). The molecular formula is C16H25N5. The fraction of sp³-hybridized carbons (Fsp3) is 0.625. The van der Waals surface area contributed by atoms with Crippen LogP contribution in [0, 0.1) is 5.92 Å². The smallest absolute Gasteiger partial charge is 0.145 e. The third kappa shape index (κ3) is 2.88. The van der Waals surface area contributed by atoms with Gasteiger partial charge in [0.25, 0.3) is 0 Å². The number of aromatic nitrogens is 3. The van der Waals surface area contributed by atoms with E-state index in [9.17, 15) is 0 Å². The molecule has 3 heterocycles. The highest BCUT2D eigenvalue weighted by Gasteiger charge is 2.17. The van der Waals surface area contributed by atoms with E-state index in [1.54, 1.807) is 6.33 Å². The van der Waals surface area contributed by atoms with E-state index < -0.39 is 0 Å². The summed E-state index contributed by atoms with van der Waals surface area (Å²) >= 11 is 0. The van der Waals surface area contributed by atoms with Crippen molar-refractivity contribution in [1.82, 2.24) is 19.9 Å². The predicted octanol–water partition coefficient (Wildman–Crippen LogP) is 2.53. The van der Waals surface area contributed by atoms with Gasteiger partial charge in [0.2, 0.25) is 0 Å². The number of rotatable bonds is 4. The van der Waals surface area contributed by atoms with Gasteiger partial charge in [-0.05, 0) is 49.8 Å². The summed E-state index contributed by atoms with van der Waals surface area (Å²) in [6.45, 7) is 7.72. The molecule has 0 saturated carbocycles. The van der Waals surface area contributed by atoms with Crippen molar-refractivity contribution in [2.24, 2.45) is 5.92 Å². The Kier molecular flexibility index (Phi) is 4.10. The van der Waals surface area contributed by atoms with Gasteiger partial charge in [0.05, 0.1) is 5.39 Å². The van der Waals surface area contributed by atoms with Gasteiger partial charge in [-0.15, -0.1) is 0 Å². The molecule has 2 aromatic rings. The molecule has 1 fully saturated rings. The van der Waals surface area contributed by atoms with Crippen LogP contribution in [-0.4, -0.2) is 27.6 Å². The molecule has 0 bridgehead atoms. The van der Waals surface area contributed by atoms with E-state index in [-0.39, 0.29) is 0 Å². The number of fused-ring (bicyclic) bond motifs is 1. The van der Waals surface area contributed by atoms with Crippen LogP contribution in [0.3, 0.4) is 0 Å². The summed E-state index contributed by atoms with van der Waals surface area (Å²) in [6.07, 6.45) is 7.58. The van der Waals surface area contributed by atoms with Crippen molar-refractivity contribution in [3.8, 4) is 0 Å². The van der Waals surface area contributed by atoms with Gasteiger partial charge < -0.3 is 15.6 Å². The maximum absolute atomic E-state index is 6.07. The van der Waals surface area contributed by atoms with E-state index >= 15 is 0 Å². The highest BCUT2D eigenvalue weighted by molar-refractivity contribution is 5.90. The first-order chi connectivity index (χ1) is 10.2. The minimum absolute atomic E-state index is 0.431. The molecule has 0 spiro atoms. The topological polar surface area (TPSA) is 68.8 Å². The summed E-state index contributed by atoms with van der Waals surface area (Å²) in [4.78, 5) is 8.63. The Bertz CT molecular complexity index is 610. The Morgan fingerprint density at radius 2 is 2.10 bits per heavy atom. The van der Waals surface area contributed by atoms with Crippen LogP contribution in [0.5, 0.6) is 0 Å². The van der Waals surface area contributed by atoms with Crippen LogP contribution in [0.2, 0.25) is 0 Å². The second kappa shape index (κ2) is 6.02. The third-order valence-corrected chi connectivity index (χ3v) is 4.57. The Morgan fingerprint density at radius 1 is 1.33 bits per heavy atom. The second-order valence-electron chi connectivity index (χ2n) is 6.37. The van der Waals surface area contributed by atoms with Crippen LogP contribution >= 0.6 is 0 Å². The van der Waals surface area contributed by atoms with Gasteiger partial charge in [-0.25, -0.2) is 9.97 Å². The van der Waals surface area contributed by atoms with E-state index in [4.69, 9.17) is 5.73 Å². The number of anilines is 1.